The molecular weight excluding hydrogens is 252 g/mol. The summed E-state index contributed by atoms with van der Waals surface area (Å²) in [6.45, 7) is 4.42. The van der Waals surface area contributed by atoms with Gasteiger partial charge in [0.1, 0.15) is 0 Å². The molecule has 2 N–H and O–H groups in total. The molecule has 0 bridgehead atoms. The molecule has 0 heterocycles. The van der Waals surface area contributed by atoms with Gasteiger partial charge >= 0.3 is 0 Å². The highest BCUT2D eigenvalue weighted by Crippen LogP contribution is 2.14. The van der Waals surface area contributed by atoms with E-state index in [2.05, 4.69) is 29.6 Å². The Balaban J connectivity index is 2.37. The van der Waals surface area contributed by atoms with E-state index in [1.54, 1.807) is 0 Å². The number of hydrogen-bond donors (Lipinski definition) is 2. The zero-order valence-electron chi connectivity index (χ0n) is 12.9. The maximum Gasteiger partial charge on any atom is 0.220 e. The maximum absolute atomic E-state index is 11.8. The van der Waals surface area contributed by atoms with Crippen molar-refractivity contribution in [1.29, 1.82) is 0 Å². The molecule has 0 saturated carbocycles. The normalized spacial score (nSPS) is 11.2. The number of amides is 1. The highest BCUT2D eigenvalue weighted by molar-refractivity contribution is 5.76. The molecule has 20 heavy (non-hydrogen) atoms. The Morgan fingerprint density at radius 2 is 1.85 bits per heavy atom. The van der Waals surface area contributed by atoms with Crippen LogP contribution in [0.15, 0.2) is 24.3 Å². The average Bonchev–Trinajstić information content (AvgIpc) is 2.43. The molecule has 0 unspecified atom stereocenters. The van der Waals surface area contributed by atoms with Gasteiger partial charge < -0.3 is 15.3 Å². The van der Waals surface area contributed by atoms with Gasteiger partial charge in [0.05, 0.1) is 0 Å². The average molecular weight is 278 g/mol. The van der Waals surface area contributed by atoms with Crippen LogP contribution in [0.5, 0.6) is 0 Å². The first-order chi connectivity index (χ1) is 9.34. The van der Waals surface area contributed by atoms with Crippen LogP contribution in [0.1, 0.15) is 25.8 Å². The molecule has 0 radical (unpaired) electrons. The fourth-order valence-corrected chi connectivity index (χ4v) is 1.70. The van der Waals surface area contributed by atoms with Crippen molar-refractivity contribution in [2.75, 3.05) is 32.1 Å². The van der Waals surface area contributed by atoms with Crippen LogP contribution in [-0.2, 0) is 11.2 Å². The lowest BCUT2D eigenvalue weighted by molar-refractivity contribution is -0.121. The molecule has 1 rings (SSSR count). The zero-order chi connectivity index (χ0) is 15.2. The third-order valence-electron chi connectivity index (χ3n) is 3.29. The van der Waals surface area contributed by atoms with Crippen LogP contribution in [0.4, 0.5) is 5.69 Å². The second kappa shape index (κ2) is 7.29. The molecule has 1 aromatic rings. The monoisotopic (exact) mass is 278 g/mol. The summed E-state index contributed by atoms with van der Waals surface area (Å²) in [4.78, 5) is 13.8. The molecule has 4 heteroatoms. The van der Waals surface area contributed by atoms with Gasteiger partial charge in [0.2, 0.25) is 5.91 Å². The molecule has 4 nitrogen and oxygen atoms in total. The van der Waals surface area contributed by atoms with E-state index in [1.807, 2.05) is 32.8 Å². The minimum Gasteiger partial charge on any atom is -0.396 e. The summed E-state index contributed by atoms with van der Waals surface area (Å²) in [7, 11) is 4.01. The first-order valence-electron chi connectivity index (χ1n) is 6.98. The zero-order valence-corrected chi connectivity index (χ0v) is 12.9. The number of hydrogen-bond acceptors (Lipinski definition) is 3. The molecule has 112 valence electrons. The molecule has 0 fully saturated rings. The van der Waals surface area contributed by atoms with Gasteiger partial charge in [0.15, 0.2) is 0 Å². The quantitative estimate of drug-likeness (QED) is 0.800. The Morgan fingerprint density at radius 1 is 1.25 bits per heavy atom. The van der Waals surface area contributed by atoms with Crippen molar-refractivity contribution < 1.29 is 9.90 Å². The fourth-order valence-electron chi connectivity index (χ4n) is 1.70. The molecule has 1 aromatic carbocycles. The van der Waals surface area contributed by atoms with Gasteiger partial charge in [-0.25, -0.2) is 0 Å². The third-order valence-corrected chi connectivity index (χ3v) is 3.29. The summed E-state index contributed by atoms with van der Waals surface area (Å²) >= 11 is 0. The highest BCUT2D eigenvalue weighted by atomic mass is 16.3. The lowest BCUT2D eigenvalue weighted by Gasteiger charge is -2.21. The number of carbonyl (C=O) groups excluding carboxylic acids is 1. The Morgan fingerprint density at radius 3 is 2.35 bits per heavy atom. The van der Waals surface area contributed by atoms with Crippen LogP contribution in [0.3, 0.4) is 0 Å². The summed E-state index contributed by atoms with van der Waals surface area (Å²) in [5.41, 5.74) is 2.05. The van der Waals surface area contributed by atoms with Crippen molar-refractivity contribution in [1.82, 2.24) is 5.32 Å². The van der Waals surface area contributed by atoms with E-state index in [0.717, 1.165) is 17.7 Å². The minimum absolute atomic E-state index is 0.0308. The fraction of sp³-hybridized carbons (Fsp3) is 0.562. The van der Waals surface area contributed by atoms with Crippen LogP contribution in [-0.4, -0.2) is 38.3 Å². The molecule has 0 atom stereocenters. The van der Waals surface area contributed by atoms with Crippen molar-refractivity contribution >= 4 is 11.6 Å². The van der Waals surface area contributed by atoms with Crippen LogP contribution < -0.4 is 10.2 Å². The number of benzene rings is 1. The number of nitrogens with zero attached hydrogens (tertiary/aromatic N) is 1. The topological polar surface area (TPSA) is 52.6 Å². The predicted molar refractivity (Wildman–Crippen MR) is 83.0 cm³/mol. The van der Waals surface area contributed by atoms with Crippen molar-refractivity contribution in [3.05, 3.63) is 29.8 Å². The molecule has 0 aliphatic rings. The van der Waals surface area contributed by atoms with E-state index in [4.69, 9.17) is 5.11 Å². The van der Waals surface area contributed by atoms with Crippen LogP contribution in [0.25, 0.3) is 0 Å². The third kappa shape index (κ3) is 5.61. The number of anilines is 1. The molecule has 0 aliphatic heterocycles. The molecule has 0 aromatic heterocycles. The van der Waals surface area contributed by atoms with Crippen molar-refractivity contribution in [3.63, 3.8) is 0 Å². The summed E-state index contributed by atoms with van der Waals surface area (Å²) in [6, 6.07) is 8.23. The van der Waals surface area contributed by atoms with E-state index in [0.29, 0.717) is 13.0 Å². The second-order valence-electron chi connectivity index (χ2n) is 6.16. The van der Waals surface area contributed by atoms with Crippen molar-refractivity contribution in [2.45, 2.75) is 26.7 Å². The molecular formula is C16H26N2O2. The number of nitrogens with one attached hydrogen (secondary N) is 1. The first kappa shape index (κ1) is 16.5. The molecule has 1 amide bonds. The first-order valence-corrected chi connectivity index (χ1v) is 6.98. The number of aryl methyl sites for hydroxylation is 1. The van der Waals surface area contributed by atoms with E-state index in [-0.39, 0.29) is 17.9 Å². The van der Waals surface area contributed by atoms with Gasteiger partial charge in [-0.2, -0.15) is 0 Å². The van der Waals surface area contributed by atoms with E-state index in [9.17, 15) is 4.79 Å². The number of aliphatic hydroxyl groups is 1. The second-order valence-corrected chi connectivity index (χ2v) is 6.16. The lowest BCUT2D eigenvalue weighted by atomic mass is 9.95. The number of carbonyl (C=O) groups is 1. The Kier molecular flexibility index (Phi) is 6.02. The Labute approximate surface area is 121 Å². The Bertz CT molecular complexity index is 425. The lowest BCUT2D eigenvalue weighted by Crippen LogP contribution is -2.36. The molecule has 0 saturated heterocycles. The maximum atomic E-state index is 11.8. The van der Waals surface area contributed by atoms with Crippen LogP contribution in [0, 0.1) is 5.41 Å². The van der Waals surface area contributed by atoms with Gasteiger partial charge in [0, 0.05) is 44.8 Å². The predicted octanol–water partition coefficient (Wildman–Crippen LogP) is 1.82. The van der Waals surface area contributed by atoms with Gasteiger partial charge in [-0.05, 0) is 24.1 Å². The standard InChI is InChI=1S/C16H26N2O2/c1-16(2,12-19)11-17-15(20)10-7-13-5-8-14(9-6-13)18(3)4/h5-6,8-9,19H,7,10-12H2,1-4H3,(H,17,20). The van der Waals surface area contributed by atoms with E-state index in [1.165, 1.54) is 0 Å². The largest absolute Gasteiger partial charge is 0.396 e. The number of aliphatic hydroxyl groups excluding tert-OH is 1. The molecule has 0 spiro atoms. The van der Waals surface area contributed by atoms with Crippen LogP contribution in [0.2, 0.25) is 0 Å². The highest BCUT2D eigenvalue weighted by Gasteiger charge is 2.17. The van der Waals surface area contributed by atoms with Crippen molar-refractivity contribution in [2.24, 2.45) is 5.41 Å². The van der Waals surface area contributed by atoms with Crippen LogP contribution >= 0.6 is 0 Å². The molecule has 0 aliphatic carbocycles. The van der Waals surface area contributed by atoms with Crippen molar-refractivity contribution in [3.8, 4) is 0 Å². The minimum atomic E-state index is -0.261. The van der Waals surface area contributed by atoms with Gasteiger partial charge in [-0.15, -0.1) is 0 Å². The van der Waals surface area contributed by atoms with Gasteiger partial charge in [0.25, 0.3) is 0 Å². The van der Waals surface area contributed by atoms with E-state index < -0.39 is 0 Å². The summed E-state index contributed by atoms with van der Waals surface area (Å²) in [6.07, 6.45) is 1.21. The summed E-state index contributed by atoms with van der Waals surface area (Å²) in [5, 5.41) is 12.0. The summed E-state index contributed by atoms with van der Waals surface area (Å²) < 4.78 is 0. The summed E-state index contributed by atoms with van der Waals surface area (Å²) in [5.74, 6) is 0.0308. The van der Waals surface area contributed by atoms with Gasteiger partial charge in [-0.1, -0.05) is 26.0 Å². The van der Waals surface area contributed by atoms with E-state index >= 15 is 0 Å². The smallest absolute Gasteiger partial charge is 0.220 e. The van der Waals surface area contributed by atoms with Gasteiger partial charge in [-0.3, -0.25) is 4.79 Å². The SMILES string of the molecule is CN(C)c1ccc(CCC(=O)NCC(C)(C)CO)cc1. The number of rotatable bonds is 7. The Hall–Kier alpha value is -1.55.